The molecule has 1 unspecified atom stereocenters. The molecule has 0 aromatic heterocycles. The molecule has 0 saturated heterocycles. The lowest BCUT2D eigenvalue weighted by Crippen LogP contribution is -2.46. The zero-order valence-electron chi connectivity index (χ0n) is 21.8. The van der Waals surface area contributed by atoms with Crippen LogP contribution in [0.15, 0.2) is 72.8 Å². The predicted molar refractivity (Wildman–Crippen MR) is 145 cm³/mol. The molecule has 3 N–H and O–H groups in total. The van der Waals surface area contributed by atoms with Gasteiger partial charge in [-0.15, -0.1) is 5.48 Å². The van der Waals surface area contributed by atoms with Gasteiger partial charge in [0, 0.05) is 18.7 Å². The summed E-state index contributed by atoms with van der Waals surface area (Å²) in [4.78, 5) is 5.80. The van der Waals surface area contributed by atoms with Gasteiger partial charge < -0.3 is 15.3 Å². The van der Waals surface area contributed by atoms with Crippen LogP contribution in [0, 0.1) is 5.82 Å². The molecule has 0 aliphatic rings. The van der Waals surface area contributed by atoms with Crippen LogP contribution in [0.4, 0.5) is 10.1 Å². The van der Waals surface area contributed by atoms with Crippen LogP contribution in [0.1, 0.15) is 43.0 Å². The number of nitrogens with zero attached hydrogens (tertiary/aromatic N) is 1. The Kier molecular flexibility index (Phi) is 9.67. The van der Waals surface area contributed by atoms with Gasteiger partial charge in [0.2, 0.25) is 10.0 Å². The summed E-state index contributed by atoms with van der Waals surface area (Å²) in [5, 5.41) is 0. The highest BCUT2D eigenvalue weighted by molar-refractivity contribution is 7.92. The van der Waals surface area contributed by atoms with E-state index in [0.717, 1.165) is 29.4 Å². The number of halogens is 1. The third-order valence-electron chi connectivity index (χ3n) is 6.30. The van der Waals surface area contributed by atoms with Crippen LogP contribution in [0.25, 0.3) is 0 Å². The molecular weight excluding hydrogens is 493 g/mol. The second-order valence-electron chi connectivity index (χ2n) is 9.43. The zero-order chi connectivity index (χ0) is 27.1. The fourth-order valence-corrected chi connectivity index (χ4v) is 4.28. The molecule has 0 fully saturated rings. The maximum Gasteiger partial charge on any atom is 0.231 e. The summed E-state index contributed by atoms with van der Waals surface area (Å²) in [6.45, 7) is 4.47. The Hall–Kier alpha value is -2.98. The third kappa shape index (κ3) is 8.53. The molecule has 0 heterocycles. The van der Waals surface area contributed by atoms with E-state index in [1.165, 1.54) is 23.5 Å². The first-order chi connectivity index (χ1) is 17.5. The molecule has 37 heavy (non-hydrogen) atoms. The highest BCUT2D eigenvalue weighted by Gasteiger charge is 2.24. The molecule has 3 rings (SSSR count). The van der Waals surface area contributed by atoms with Crippen LogP contribution >= 0.6 is 0 Å². The van der Waals surface area contributed by atoms with Crippen molar-refractivity contribution in [2.45, 2.75) is 44.9 Å². The molecule has 0 aliphatic carbocycles. The highest BCUT2D eigenvalue weighted by atomic mass is 32.2. The van der Waals surface area contributed by atoms with E-state index in [-0.39, 0.29) is 18.5 Å². The molecule has 0 aliphatic heterocycles. The molecule has 0 amide bonds. The number of anilines is 1. The van der Waals surface area contributed by atoms with E-state index in [2.05, 4.69) is 5.48 Å². The van der Waals surface area contributed by atoms with Crippen molar-refractivity contribution in [3.05, 3.63) is 95.3 Å². The largest absolute Gasteiger partial charge is 0.408 e. The maximum absolute atomic E-state index is 13.2. The van der Waals surface area contributed by atoms with E-state index in [0.29, 0.717) is 24.5 Å². The average molecular weight is 530 g/mol. The number of hydroxylamine groups is 1. The van der Waals surface area contributed by atoms with Crippen molar-refractivity contribution >= 4 is 15.7 Å². The molecule has 7 nitrogen and oxygen atoms in total. The molecule has 0 bridgehead atoms. The number of rotatable bonds is 13. The molecule has 0 spiro atoms. The molecule has 0 saturated carbocycles. The second-order valence-corrected chi connectivity index (χ2v) is 11.4. The van der Waals surface area contributed by atoms with E-state index in [1.54, 1.807) is 30.3 Å². The van der Waals surface area contributed by atoms with Crippen molar-refractivity contribution in [1.29, 1.82) is 0 Å². The number of ether oxygens (including phenoxy) is 1. The van der Waals surface area contributed by atoms with E-state index in [9.17, 15) is 12.8 Å². The molecule has 2 atom stereocenters. The SMILES string of the molecule is CCC(N)(COCc1cc(ON[C@H](C)c2ccc(F)cc2)cc(N(C)S(C)(=O)=O)c1)Cc1ccccc1. The first kappa shape index (κ1) is 28.6. The fourth-order valence-electron chi connectivity index (χ4n) is 3.79. The zero-order valence-corrected chi connectivity index (χ0v) is 22.6. The van der Waals surface area contributed by atoms with Crippen LogP contribution in [-0.2, 0) is 27.8 Å². The highest BCUT2D eigenvalue weighted by Crippen LogP contribution is 2.26. The summed E-state index contributed by atoms with van der Waals surface area (Å²) < 4.78 is 44.8. The summed E-state index contributed by atoms with van der Waals surface area (Å²) in [5.41, 5.74) is 12.2. The Morgan fingerprint density at radius 2 is 1.73 bits per heavy atom. The van der Waals surface area contributed by atoms with Crippen LogP contribution in [0.5, 0.6) is 5.75 Å². The lowest BCUT2D eigenvalue weighted by molar-refractivity contribution is 0.0708. The first-order valence-electron chi connectivity index (χ1n) is 12.2. The standard InChI is InChI=1S/C28H36FN3O4S/c1-5-28(30,18-22-9-7-6-8-10-22)20-35-19-23-15-26(32(3)37(4,33)34)17-27(16-23)36-31-21(2)24-11-13-25(29)14-12-24/h6-17,21,31H,5,18-20,30H2,1-4H3/t21-,28?/m1/s1. The molecule has 3 aromatic carbocycles. The summed E-state index contributed by atoms with van der Waals surface area (Å²) in [5.74, 6) is 0.103. The minimum absolute atomic E-state index is 0.225. The Balaban J connectivity index is 1.73. The van der Waals surface area contributed by atoms with Crippen molar-refractivity contribution in [2.24, 2.45) is 5.73 Å². The van der Waals surface area contributed by atoms with Gasteiger partial charge in [-0.25, -0.2) is 12.8 Å². The quantitative estimate of drug-likeness (QED) is 0.311. The molecule has 0 radical (unpaired) electrons. The topological polar surface area (TPSA) is 93.9 Å². The number of hydrogen-bond acceptors (Lipinski definition) is 6. The maximum atomic E-state index is 13.2. The van der Waals surface area contributed by atoms with Crippen molar-refractivity contribution in [2.75, 3.05) is 24.2 Å². The van der Waals surface area contributed by atoms with Crippen molar-refractivity contribution < 1.29 is 22.4 Å². The van der Waals surface area contributed by atoms with Crippen molar-refractivity contribution in [3.8, 4) is 5.75 Å². The number of nitrogens with two attached hydrogens (primary N) is 1. The smallest absolute Gasteiger partial charge is 0.231 e. The lowest BCUT2D eigenvalue weighted by Gasteiger charge is -2.28. The first-order valence-corrected chi connectivity index (χ1v) is 14.0. The number of hydrogen-bond donors (Lipinski definition) is 2. The molecule has 9 heteroatoms. The average Bonchev–Trinajstić information content (AvgIpc) is 2.87. The molecule has 200 valence electrons. The van der Waals surface area contributed by atoms with Gasteiger partial charge in [0.15, 0.2) is 0 Å². The number of benzene rings is 3. The number of sulfonamides is 1. The van der Waals surface area contributed by atoms with Gasteiger partial charge in [0.05, 0.1) is 31.2 Å². The predicted octanol–water partition coefficient (Wildman–Crippen LogP) is 4.73. The Morgan fingerprint density at radius 3 is 2.35 bits per heavy atom. The molecule has 3 aromatic rings. The van der Waals surface area contributed by atoms with E-state index >= 15 is 0 Å². The fraction of sp³-hybridized carbons (Fsp3) is 0.357. The summed E-state index contributed by atoms with van der Waals surface area (Å²) >= 11 is 0. The van der Waals surface area contributed by atoms with Crippen molar-refractivity contribution in [1.82, 2.24) is 5.48 Å². The third-order valence-corrected chi connectivity index (χ3v) is 7.50. The normalized spacial score (nSPS) is 14.1. The van der Waals surface area contributed by atoms with E-state index in [1.807, 2.05) is 44.2 Å². The number of nitrogens with one attached hydrogen (secondary N) is 1. The van der Waals surface area contributed by atoms with Gasteiger partial charge in [0.1, 0.15) is 11.6 Å². The monoisotopic (exact) mass is 529 g/mol. The van der Waals surface area contributed by atoms with Gasteiger partial charge >= 0.3 is 0 Å². The lowest BCUT2D eigenvalue weighted by atomic mass is 9.90. The van der Waals surface area contributed by atoms with Crippen molar-refractivity contribution in [3.63, 3.8) is 0 Å². The van der Waals surface area contributed by atoms with Gasteiger partial charge in [-0.1, -0.05) is 49.4 Å². The molecular formula is C28H36FN3O4S. The second kappa shape index (κ2) is 12.5. The summed E-state index contributed by atoms with van der Waals surface area (Å²) in [6, 6.07) is 21.1. The van der Waals surface area contributed by atoms with Gasteiger partial charge in [-0.3, -0.25) is 4.31 Å². The summed E-state index contributed by atoms with van der Waals surface area (Å²) in [7, 11) is -2.01. The Morgan fingerprint density at radius 1 is 1.05 bits per heavy atom. The Bertz CT molecular complexity index is 1260. The van der Waals surface area contributed by atoms with E-state index in [4.69, 9.17) is 15.3 Å². The van der Waals surface area contributed by atoms with Gasteiger partial charge in [-0.2, -0.15) is 0 Å². The van der Waals surface area contributed by atoms with Crippen LogP contribution < -0.4 is 20.4 Å². The van der Waals surface area contributed by atoms with Crippen LogP contribution in [0.2, 0.25) is 0 Å². The van der Waals surface area contributed by atoms with Gasteiger partial charge in [0.25, 0.3) is 0 Å². The van der Waals surface area contributed by atoms with Crippen LogP contribution in [0.3, 0.4) is 0 Å². The summed E-state index contributed by atoms with van der Waals surface area (Å²) in [6.07, 6.45) is 2.55. The van der Waals surface area contributed by atoms with Crippen LogP contribution in [-0.4, -0.2) is 33.9 Å². The Labute approximate surface area is 219 Å². The minimum Gasteiger partial charge on any atom is -0.408 e. The minimum atomic E-state index is -3.49. The van der Waals surface area contributed by atoms with Gasteiger partial charge in [-0.05, 0) is 60.7 Å². The van der Waals surface area contributed by atoms with E-state index < -0.39 is 15.6 Å².